The molecule has 0 bridgehead atoms. The van der Waals surface area contributed by atoms with Crippen molar-refractivity contribution in [3.05, 3.63) is 81.9 Å². The quantitative estimate of drug-likeness (QED) is 0.251. The number of nitrogens with one attached hydrogen (secondary N) is 1. The van der Waals surface area contributed by atoms with Gasteiger partial charge in [-0.25, -0.2) is 22.4 Å². The minimum Gasteiger partial charge on any atom is -0.457 e. The number of allylic oxidation sites excluding steroid dienone is 8. The van der Waals surface area contributed by atoms with Crippen molar-refractivity contribution in [2.24, 2.45) is 0 Å². The summed E-state index contributed by atoms with van der Waals surface area (Å²) >= 11 is 18.7. The van der Waals surface area contributed by atoms with E-state index in [0.29, 0.717) is 30.4 Å². The monoisotopic (exact) mass is 527 g/mol. The van der Waals surface area contributed by atoms with Gasteiger partial charge in [-0.3, -0.25) is 4.72 Å². The number of hydrogen-bond acceptors (Lipinski definition) is 4. The van der Waals surface area contributed by atoms with E-state index in [4.69, 9.17) is 44.7 Å². The number of quaternary nitrogens is 1. The largest absolute Gasteiger partial charge is 0.457 e. The molecule has 1 aliphatic rings. The summed E-state index contributed by atoms with van der Waals surface area (Å²) in [6.45, 7) is 4.26. The maximum absolute atomic E-state index is 14.0. The van der Waals surface area contributed by atoms with Gasteiger partial charge >= 0.3 is 0 Å². The number of nitrogens with two attached hydrogens (primary N) is 1. The van der Waals surface area contributed by atoms with Gasteiger partial charge in [0, 0.05) is 18.6 Å². The van der Waals surface area contributed by atoms with Gasteiger partial charge in [0.15, 0.2) is 5.75 Å². The standard InChI is InChI=1S/C20H19Cl3F2N2O4S/c1-3-18(17(25)8-11(2)24)27-32(29,30)13-9-15(22)20(16(23)10-13)31-19-7-5-12(26-28)4-6-14(19)21/h3,5,7-10,14,26-28H,2,4,6H2,1H3/p+1/b17-8+,18-3+. The van der Waals surface area contributed by atoms with E-state index >= 15 is 0 Å². The van der Waals surface area contributed by atoms with Gasteiger partial charge < -0.3 is 4.74 Å². The van der Waals surface area contributed by atoms with Gasteiger partial charge in [0.1, 0.15) is 23.1 Å². The van der Waals surface area contributed by atoms with Gasteiger partial charge in [-0.2, -0.15) is 5.48 Å². The van der Waals surface area contributed by atoms with Crippen LogP contribution in [0.25, 0.3) is 0 Å². The van der Waals surface area contributed by atoms with Crippen LogP contribution in [-0.4, -0.2) is 19.0 Å². The Kier molecular flexibility index (Phi) is 9.32. The highest BCUT2D eigenvalue weighted by Crippen LogP contribution is 2.38. The van der Waals surface area contributed by atoms with Crippen LogP contribution in [-0.2, 0) is 10.0 Å². The lowest BCUT2D eigenvalue weighted by Gasteiger charge is -2.17. The number of rotatable bonds is 8. The summed E-state index contributed by atoms with van der Waals surface area (Å²) in [5.74, 6) is -1.98. The van der Waals surface area contributed by atoms with Gasteiger partial charge in [-0.05, 0) is 31.6 Å². The molecular weight excluding hydrogens is 509 g/mol. The summed E-state index contributed by atoms with van der Waals surface area (Å²) in [6.07, 6.45) is 5.71. The van der Waals surface area contributed by atoms with E-state index in [1.54, 1.807) is 12.2 Å². The lowest BCUT2D eigenvalue weighted by atomic mass is 10.2. The van der Waals surface area contributed by atoms with Gasteiger partial charge in [-0.1, -0.05) is 35.9 Å². The Balaban J connectivity index is 2.35. The number of hydrogen-bond donors (Lipinski definition) is 3. The first-order chi connectivity index (χ1) is 15.0. The fraction of sp³-hybridized carbons (Fsp3) is 0.200. The Morgan fingerprint density at radius 1 is 1.31 bits per heavy atom. The van der Waals surface area contributed by atoms with Crippen LogP contribution in [0.2, 0.25) is 10.0 Å². The fourth-order valence-electron chi connectivity index (χ4n) is 2.59. The van der Waals surface area contributed by atoms with Crippen molar-refractivity contribution in [3.63, 3.8) is 0 Å². The summed E-state index contributed by atoms with van der Waals surface area (Å²) in [5.41, 5.74) is 1.13. The van der Waals surface area contributed by atoms with Crippen molar-refractivity contribution in [1.82, 2.24) is 4.72 Å². The molecule has 0 spiro atoms. The third-order valence-corrected chi connectivity index (χ3v) is 6.54. The Morgan fingerprint density at radius 3 is 2.47 bits per heavy atom. The molecule has 0 amide bonds. The molecule has 0 saturated heterocycles. The number of ether oxygens (including phenoxy) is 1. The molecule has 4 N–H and O–H groups in total. The van der Waals surface area contributed by atoms with Crippen molar-refractivity contribution < 1.29 is 32.6 Å². The normalized spacial score (nSPS) is 17.9. The average Bonchev–Trinajstić information content (AvgIpc) is 2.89. The molecule has 1 aliphatic carbocycles. The molecule has 0 aromatic heterocycles. The van der Waals surface area contributed by atoms with E-state index in [2.05, 4.69) is 6.58 Å². The van der Waals surface area contributed by atoms with E-state index < -0.39 is 32.8 Å². The topological polar surface area (TPSA) is 92.2 Å². The molecule has 0 aliphatic heterocycles. The number of sulfonamides is 1. The minimum absolute atomic E-state index is 0.0277. The van der Waals surface area contributed by atoms with E-state index in [-0.39, 0.29) is 20.7 Å². The molecule has 1 unspecified atom stereocenters. The van der Waals surface area contributed by atoms with Crippen LogP contribution in [0.15, 0.2) is 76.7 Å². The summed E-state index contributed by atoms with van der Waals surface area (Å²) in [5, 5.41) is 8.34. The molecule has 1 atom stereocenters. The summed E-state index contributed by atoms with van der Waals surface area (Å²) in [4.78, 5) is -0.375. The second kappa shape index (κ2) is 11.3. The Bertz CT molecular complexity index is 1110. The second-order valence-electron chi connectivity index (χ2n) is 6.51. The van der Waals surface area contributed by atoms with Crippen LogP contribution in [0.3, 0.4) is 0 Å². The summed E-state index contributed by atoms with van der Waals surface area (Å²) < 4.78 is 60.0. The average molecular weight is 529 g/mol. The van der Waals surface area contributed by atoms with Crippen LogP contribution < -0.4 is 14.9 Å². The van der Waals surface area contributed by atoms with Gasteiger partial charge in [0.05, 0.1) is 26.0 Å². The van der Waals surface area contributed by atoms with Crippen molar-refractivity contribution in [1.29, 1.82) is 0 Å². The highest BCUT2D eigenvalue weighted by Gasteiger charge is 2.24. The smallest absolute Gasteiger partial charge is 0.262 e. The highest BCUT2D eigenvalue weighted by atomic mass is 35.5. The Hall–Kier alpha value is -1.88. The third kappa shape index (κ3) is 6.81. The van der Waals surface area contributed by atoms with Crippen molar-refractivity contribution in [3.8, 4) is 5.75 Å². The van der Waals surface area contributed by atoms with E-state index in [1.165, 1.54) is 6.92 Å². The molecule has 0 heterocycles. The molecule has 0 radical (unpaired) electrons. The number of hydroxylamine groups is 1. The SMILES string of the molecule is C=C(F)/C=C(F)\C(=C/C)NS(=O)(=O)c1cc(Cl)c(OC2=CC=C([NH2+]O)CCC2Cl)c(Cl)c1. The zero-order valence-corrected chi connectivity index (χ0v) is 19.8. The first-order valence-corrected chi connectivity index (χ1v) is 11.8. The molecule has 0 saturated carbocycles. The summed E-state index contributed by atoms with van der Waals surface area (Å²) in [7, 11) is -4.33. The first kappa shape index (κ1) is 26.4. The van der Waals surface area contributed by atoms with Crippen LogP contribution in [0.1, 0.15) is 19.8 Å². The van der Waals surface area contributed by atoms with Gasteiger partial charge in [0.2, 0.25) is 0 Å². The molecule has 174 valence electrons. The lowest BCUT2D eigenvalue weighted by molar-refractivity contribution is -0.852. The number of halogens is 5. The van der Waals surface area contributed by atoms with Crippen LogP contribution in [0.5, 0.6) is 5.75 Å². The Morgan fingerprint density at radius 2 is 1.94 bits per heavy atom. The predicted molar refractivity (Wildman–Crippen MR) is 119 cm³/mol. The van der Waals surface area contributed by atoms with Crippen molar-refractivity contribution in [2.75, 3.05) is 0 Å². The molecule has 1 aromatic rings. The maximum atomic E-state index is 14.0. The maximum Gasteiger partial charge on any atom is 0.262 e. The predicted octanol–water partition coefficient (Wildman–Crippen LogP) is 5.01. The van der Waals surface area contributed by atoms with E-state index in [0.717, 1.165) is 23.7 Å². The van der Waals surface area contributed by atoms with Crippen LogP contribution in [0.4, 0.5) is 8.78 Å². The molecule has 6 nitrogen and oxygen atoms in total. The molecule has 12 heteroatoms. The zero-order valence-electron chi connectivity index (χ0n) is 16.7. The fourth-order valence-corrected chi connectivity index (χ4v) is 4.68. The Labute approximate surface area is 199 Å². The summed E-state index contributed by atoms with van der Waals surface area (Å²) in [6, 6.07) is 2.13. The zero-order chi connectivity index (χ0) is 24.1. The van der Waals surface area contributed by atoms with Gasteiger partial charge in [0.25, 0.3) is 10.0 Å². The van der Waals surface area contributed by atoms with Gasteiger partial charge in [-0.15, -0.1) is 11.6 Å². The minimum atomic E-state index is -4.33. The number of alkyl halides is 1. The van der Waals surface area contributed by atoms with E-state index in [9.17, 15) is 17.2 Å². The van der Waals surface area contributed by atoms with Crippen molar-refractivity contribution >= 4 is 44.8 Å². The van der Waals surface area contributed by atoms with E-state index in [1.807, 2.05) is 4.72 Å². The first-order valence-electron chi connectivity index (χ1n) is 9.08. The molecule has 0 fully saturated rings. The molecule has 2 rings (SSSR count). The van der Waals surface area contributed by atoms with Crippen molar-refractivity contribution in [2.45, 2.75) is 30.0 Å². The van der Waals surface area contributed by atoms with Crippen LogP contribution in [0, 0.1) is 0 Å². The molecule has 32 heavy (non-hydrogen) atoms. The number of benzene rings is 1. The third-order valence-electron chi connectivity index (χ3n) is 4.20. The van der Waals surface area contributed by atoms with Crippen LogP contribution >= 0.6 is 34.8 Å². The molecule has 1 aromatic carbocycles. The second-order valence-corrected chi connectivity index (χ2v) is 9.53. The highest BCUT2D eigenvalue weighted by molar-refractivity contribution is 7.89. The lowest BCUT2D eigenvalue weighted by Crippen LogP contribution is -2.78. The molecular formula is C20H20Cl3F2N2O4S+.